The van der Waals surface area contributed by atoms with E-state index in [1.165, 1.54) is 6.04 Å². The average molecular weight is 274 g/mol. The molecule has 102 valence electrons. The fourth-order valence-corrected chi connectivity index (χ4v) is 2.61. The second-order valence-corrected chi connectivity index (χ2v) is 11.6. The third-order valence-corrected chi connectivity index (χ3v) is 4.75. The molecule has 2 rings (SSSR count). The van der Waals surface area contributed by atoms with Crippen LogP contribution in [0.2, 0.25) is 25.7 Å². The molecule has 0 saturated heterocycles. The summed E-state index contributed by atoms with van der Waals surface area (Å²) in [5.41, 5.74) is 3.08. The molecule has 0 aliphatic heterocycles. The second-order valence-electron chi connectivity index (χ2n) is 6.00. The number of fused-ring (bicyclic) bond motifs is 1. The largest absolute Gasteiger partial charge is 0.501 e. The van der Waals surface area contributed by atoms with Gasteiger partial charge in [0.05, 0.1) is 24.3 Å². The fraction of sp³-hybridized carbons (Fsp3) is 0.400. The van der Waals surface area contributed by atoms with E-state index in [0.717, 1.165) is 23.6 Å². The number of aromatic nitrogens is 2. The van der Waals surface area contributed by atoms with Crippen molar-refractivity contribution in [1.29, 1.82) is 0 Å². The lowest BCUT2D eigenvalue weighted by Gasteiger charge is -2.14. The van der Waals surface area contributed by atoms with Crippen LogP contribution >= 0.6 is 0 Å². The van der Waals surface area contributed by atoms with Gasteiger partial charge in [0.1, 0.15) is 5.65 Å². The molecule has 3 nitrogen and oxygen atoms in total. The molecule has 0 unspecified atom stereocenters. The number of rotatable bonds is 5. The van der Waals surface area contributed by atoms with Gasteiger partial charge in [0, 0.05) is 14.3 Å². The summed E-state index contributed by atoms with van der Waals surface area (Å²) in [6.07, 6.45) is 5.82. The van der Waals surface area contributed by atoms with Crippen molar-refractivity contribution in [1.82, 2.24) is 9.38 Å². The number of hydrogen-bond donors (Lipinski definition) is 0. The van der Waals surface area contributed by atoms with Crippen LogP contribution in [0.25, 0.3) is 11.7 Å². The predicted octanol–water partition coefficient (Wildman–Crippen LogP) is 3.97. The molecule has 0 aliphatic carbocycles. The van der Waals surface area contributed by atoms with E-state index in [-0.39, 0.29) is 0 Å². The van der Waals surface area contributed by atoms with Gasteiger partial charge in [-0.1, -0.05) is 25.7 Å². The first-order valence-corrected chi connectivity index (χ1v) is 10.4. The first-order valence-electron chi connectivity index (χ1n) is 6.69. The van der Waals surface area contributed by atoms with Crippen molar-refractivity contribution in [3.63, 3.8) is 0 Å². The Morgan fingerprint density at radius 2 is 2.11 bits per heavy atom. The lowest BCUT2D eigenvalue weighted by Crippen LogP contribution is -2.20. The molecule has 19 heavy (non-hydrogen) atoms. The van der Waals surface area contributed by atoms with E-state index in [0.29, 0.717) is 0 Å². The number of hydrogen-bond acceptors (Lipinski definition) is 2. The van der Waals surface area contributed by atoms with Crippen molar-refractivity contribution in [2.75, 3.05) is 6.61 Å². The van der Waals surface area contributed by atoms with Gasteiger partial charge in [0.25, 0.3) is 0 Å². The Morgan fingerprint density at radius 3 is 2.84 bits per heavy atom. The third kappa shape index (κ3) is 3.70. The van der Waals surface area contributed by atoms with Gasteiger partial charge in [-0.2, -0.15) is 0 Å². The van der Waals surface area contributed by atoms with Crippen LogP contribution in [0.3, 0.4) is 0 Å². The van der Waals surface area contributed by atoms with Crippen LogP contribution < -0.4 is 0 Å². The Hall–Kier alpha value is -1.55. The van der Waals surface area contributed by atoms with Crippen molar-refractivity contribution >= 4 is 19.8 Å². The van der Waals surface area contributed by atoms with Crippen LogP contribution in [0, 0.1) is 6.92 Å². The summed E-state index contributed by atoms with van der Waals surface area (Å²) in [7, 11) is -1.00. The van der Waals surface area contributed by atoms with Gasteiger partial charge in [0.15, 0.2) is 0 Å². The molecule has 4 heteroatoms. The van der Waals surface area contributed by atoms with Crippen LogP contribution in [0.5, 0.6) is 0 Å². The summed E-state index contributed by atoms with van der Waals surface area (Å²) in [6.45, 7) is 9.90. The van der Waals surface area contributed by atoms with Crippen molar-refractivity contribution in [2.24, 2.45) is 0 Å². The number of ether oxygens (including phenoxy) is 1. The monoisotopic (exact) mass is 274 g/mol. The molecule has 0 aliphatic rings. The normalized spacial score (nSPS) is 12.4. The zero-order valence-electron chi connectivity index (χ0n) is 12.2. The molecular weight excluding hydrogens is 252 g/mol. The zero-order valence-corrected chi connectivity index (χ0v) is 13.2. The van der Waals surface area contributed by atoms with Crippen molar-refractivity contribution in [3.8, 4) is 0 Å². The van der Waals surface area contributed by atoms with Crippen molar-refractivity contribution < 1.29 is 4.74 Å². The maximum atomic E-state index is 5.60. The Morgan fingerprint density at radius 1 is 1.32 bits per heavy atom. The van der Waals surface area contributed by atoms with Crippen LogP contribution in [0.15, 0.2) is 30.7 Å². The van der Waals surface area contributed by atoms with E-state index in [2.05, 4.69) is 29.0 Å². The highest BCUT2D eigenvalue weighted by atomic mass is 28.3. The molecule has 0 amide bonds. The topological polar surface area (TPSA) is 26.5 Å². The third-order valence-electron chi connectivity index (χ3n) is 3.04. The van der Waals surface area contributed by atoms with Crippen LogP contribution in [-0.2, 0) is 4.74 Å². The van der Waals surface area contributed by atoms with Crippen LogP contribution in [0.4, 0.5) is 0 Å². The zero-order chi connectivity index (χ0) is 13.9. The molecule has 0 radical (unpaired) electrons. The number of pyridine rings is 1. The van der Waals surface area contributed by atoms with Gasteiger partial charge in [-0.3, -0.25) is 4.40 Å². The lowest BCUT2D eigenvalue weighted by molar-refractivity contribution is 0.270. The van der Waals surface area contributed by atoms with Crippen LogP contribution in [-0.4, -0.2) is 24.1 Å². The summed E-state index contributed by atoms with van der Waals surface area (Å²) < 4.78 is 7.68. The molecule has 2 aromatic heterocycles. The first-order chi connectivity index (χ1) is 8.97. The van der Waals surface area contributed by atoms with E-state index >= 15 is 0 Å². The number of imidazole rings is 1. The SMILES string of the molecule is Cc1nc2ccccn2c1C=COCC[Si](C)(C)C. The van der Waals surface area contributed by atoms with Gasteiger partial charge in [0.2, 0.25) is 0 Å². The molecule has 0 spiro atoms. The Balaban J connectivity index is 2.03. The molecule has 0 aromatic carbocycles. The average Bonchev–Trinajstić information content (AvgIpc) is 2.64. The smallest absolute Gasteiger partial charge is 0.137 e. The molecular formula is C15H22N2OSi. The minimum absolute atomic E-state index is 0.808. The second kappa shape index (κ2) is 5.61. The predicted molar refractivity (Wildman–Crippen MR) is 83.1 cm³/mol. The van der Waals surface area contributed by atoms with Gasteiger partial charge in [-0.05, 0) is 31.2 Å². The van der Waals surface area contributed by atoms with Gasteiger partial charge in [-0.15, -0.1) is 0 Å². The molecule has 0 N–H and O–H groups in total. The quantitative estimate of drug-likeness (QED) is 0.468. The van der Waals surface area contributed by atoms with Crippen molar-refractivity contribution in [3.05, 3.63) is 42.0 Å². The Bertz CT molecular complexity index is 581. The molecule has 2 heterocycles. The highest BCUT2D eigenvalue weighted by Crippen LogP contribution is 2.13. The Kier molecular flexibility index (Phi) is 4.10. The lowest BCUT2D eigenvalue weighted by atomic mass is 10.3. The maximum Gasteiger partial charge on any atom is 0.137 e. The van der Waals surface area contributed by atoms with E-state index in [9.17, 15) is 0 Å². The summed E-state index contributed by atoms with van der Waals surface area (Å²) in [4.78, 5) is 4.51. The summed E-state index contributed by atoms with van der Waals surface area (Å²) >= 11 is 0. The highest BCUT2D eigenvalue weighted by molar-refractivity contribution is 6.76. The summed E-state index contributed by atoms with van der Waals surface area (Å²) in [5, 5.41) is 0. The van der Waals surface area contributed by atoms with Gasteiger partial charge >= 0.3 is 0 Å². The standard InChI is InChI=1S/C15H22N2OSi/c1-13-14(8-10-18-11-12-19(2,3)4)17-9-6-5-7-15(17)16-13/h5-10H,11-12H2,1-4H3. The Labute approximate surface area is 115 Å². The first kappa shape index (κ1) is 13.9. The molecule has 0 saturated carbocycles. The van der Waals surface area contributed by atoms with E-state index in [1.807, 2.05) is 37.4 Å². The molecule has 0 bridgehead atoms. The van der Waals surface area contributed by atoms with Gasteiger partial charge < -0.3 is 4.74 Å². The number of aryl methyl sites for hydroxylation is 1. The molecule has 0 fully saturated rings. The van der Waals surface area contributed by atoms with Crippen molar-refractivity contribution in [2.45, 2.75) is 32.6 Å². The summed E-state index contributed by atoms with van der Waals surface area (Å²) in [6, 6.07) is 7.21. The minimum atomic E-state index is -1.00. The van der Waals surface area contributed by atoms with Gasteiger partial charge in [-0.25, -0.2) is 4.98 Å². The van der Waals surface area contributed by atoms with E-state index in [4.69, 9.17) is 4.74 Å². The summed E-state index contributed by atoms with van der Waals surface area (Å²) in [5.74, 6) is 0. The maximum absolute atomic E-state index is 5.60. The fourth-order valence-electron chi connectivity index (χ4n) is 1.88. The van der Waals surface area contributed by atoms with E-state index in [1.54, 1.807) is 6.26 Å². The van der Waals surface area contributed by atoms with Crippen LogP contribution in [0.1, 0.15) is 11.4 Å². The molecule has 0 atom stereocenters. The minimum Gasteiger partial charge on any atom is -0.501 e. The highest BCUT2D eigenvalue weighted by Gasteiger charge is 2.11. The van der Waals surface area contributed by atoms with E-state index < -0.39 is 8.07 Å². The molecule has 2 aromatic rings. The number of nitrogens with zero attached hydrogens (tertiary/aromatic N) is 2.